The van der Waals surface area contributed by atoms with E-state index in [0.717, 1.165) is 28.0 Å². The summed E-state index contributed by atoms with van der Waals surface area (Å²) in [5.74, 6) is -0.669. The maximum atomic E-state index is 13.3. The third kappa shape index (κ3) is 4.30. The molecule has 0 saturated carbocycles. The molecule has 0 fully saturated rings. The molecule has 5 nitrogen and oxygen atoms in total. The third-order valence-corrected chi connectivity index (χ3v) is 8.40. The second kappa shape index (κ2) is 8.67. The highest BCUT2D eigenvalue weighted by atomic mass is 32.2. The fourth-order valence-corrected chi connectivity index (χ4v) is 6.33. The molecule has 0 aliphatic carbocycles. The molecule has 3 aromatic rings. The van der Waals surface area contributed by atoms with Crippen molar-refractivity contribution in [3.05, 3.63) is 88.6 Å². The zero-order valence-corrected chi connectivity index (χ0v) is 17.8. The number of amides is 1. The molecule has 0 saturated heterocycles. The number of hydrogen-bond acceptors (Lipinski definition) is 4. The van der Waals surface area contributed by atoms with Crippen LogP contribution in [0, 0.1) is 5.82 Å². The SMILES string of the molecule is O=C(NCCc1cccc(F)c1)[C@@H]1Cc2ccccc2CN1S(=O)(=O)c1cccs1. The molecule has 30 heavy (non-hydrogen) atoms. The van der Waals surface area contributed by atoms with Gasteiger partial charge in [0.25, 0.3) is 10.0 Å². The number of hydrogen-bond donors (Lipinski definition) is 1. The first-order valence-corrected chi connectivity index (χ1v) is 11.9. The lowest BCUT2D eigenvalue weighted by Crippen LogP contribution is -2.52. The number of nitrogens with one attached hydrogen (secondary N) is 1. The number of thiophene rings is 1. The highest BCUT2D eigenvalue weighted by Gasteiger charge is 2.39. The fourth-order valence-electron chi connectivity index (χ4n) is 3.64. The molecule has 1 aromatic heterocycles. The average Bonchev–Trinajstić information content (AvgIpc) is 3.29. The Morgan fingerprint density at radius 3 is 2.63 bits per heavy atom. The van der Waals surface area contributed by atoms with Gasteiger partial charge in [0.1, 0.15) is 16.1 Å². The van der Waals surface area contributed by atoms with E-state index in [1.54, 1.807) is 29.6 Å². The van der Waals surface area contributed by atoms with Crippen molar-refractivity contribution in [2.24, 2.45) is 0 Å². The number of rotatable bonds is 6. The molecule has 156 valence electrons. The van der Waals surface area contributed by atoms with Gasteiger partial charge in [-0.15, -0.1) is 11.3 Å². The zero-order valence-electron chi connectivity index (χ0n) is 16.1. The average molecular weight is 445 g/mol. The van der Waals surface area contributed by atoms with Crippen molar-refractivity contribution in [3.8, 4) is 0 Å². The molecule has 0 unspecified atom stereocenters. The minimum Gasteiger partial charge on any atom is -0.354 e. The van der Waals surface area contributed by atoms with Crippen LogP contribution in [-0.4, -0.2) is 31.2 Å². The Hall–Kier alpha value is -2.55. The van der Waals surface area contributed by atoms with Crippen LogP contribution in [0.15, 0.2) is 70.3 Å². The van der Waals surface area contributed by atoms with Crippen molar-refractivity contribution in [2.75, 3.05) is 6.54 Å². The Bertz CT molecular complexity index is 1150. The molecule has 8 heteroatoms. The van der Waals surface area contributed by atoms with E-state index in [0.29, 0.717) is 19.4 Å². The lowest BCUT2D eigenvalue weighted by atomic mass is 9.95. The summed E-state index contributed by atoms with van der Waals surface area (Å²) in [4.78, 5) is 13.0. The van der Waals surface area contributed by atoms with Crippen molar-refractivity contribution >= 4 is 27.3 Å². The van der Waals surface area contributed by atoms with Gasteiger partial charge >= 0.3 is 0 Å². The highest BCUT2D eigenvalue weighted by Crippen LogP contribution is 2.30. The third-order valence-electron chi connectivity index (χ3n) is 5.17. The maximum absolute atomic E-state index is 13.3. The van der Waals surface area contributed by atoms with Crippen molar-refractivity contribution in [2.45, 2.75) is 29.6 Å². The molecule has 2 aromatic carbocycles. The predicted octanol–water partition coefficient (Wildman–Crippen LogP) is 3.36. The molecule has 0 bridgehead atoms. The van der Waals surface area contributed by atoms with Crippen LogP contribution in [0.1, 0.15) is 16.7 Å². The number of benzene rings is 2. The number of halogens is 1. The van der Waals surface area contributed by atoms with Gasteiger partial charge < -0.3 is 5.32 Å². The minimum atomic E-state index is -3.80. The van der Waals surface area contributed by atoms with E-state index in [4.69, 9.17) is 0 Å². The Labute approximate surface area is 179 Å². The van der Waals surface area contributed by atoms with Crippen molar-refractivity contribution < 1.29 is 17.6 Å². The summed E-state index contributed by atoms with van der Waals surface area (Å²) in [6.07, 6.45) is 0.775. The van der Waals surface area contributed by atoms with E-state index in [1.807, 2.05) is 24.3 Å². The topological polar surface area (TPSA) is 66.5 Å². The summed E-state index contributed by atoms with van der Waals surface area (Å²) in [5.41, 5.74) is 2.65. The molecule has 1 N–H and O–H groups in total. The molecule has 0 radical (unpaired) electrons. The van der Waals surface area contributed by atoms with E-state index < -0.39 is 16.1 Å². The van der Waals surface area contributed by atoms with Gasteiger partial charge in [-0.3, -0.25) is 4.79 Å². The number of nitrogens with zero attached hydrogens (tertiary/aromatic N) is 1. The molecule has 2 heterocycles. The normalized spacial score (nSPS) is 16.8. The molecule has 1 atom stereocenters. The van der Waals surface area contributed by atoms with Crippen molar-refractivity contribution in [3.63, 3.8) is 0 Å². The largest absolute Gasteiger partial charge is 0.354 e. The number of fused-ring (bicyclic) bond motifs is 1. The van der Waals surface area contributed by atoms with Crippen LogP contribution in [0.3, 0.4) is 0 Å². The predicted molar refractivity (Wildman–Crippen MR) is 114 cm³/mol. The van der Waals surface area contributed by atoms with E-state index in [2.05, 4.69) is 5.32 Å². The minimum absolute atomic E-state index is 0.151. The standard InChI is InChI=1S/C22H21FN2O3S2/c23-19-8-3-5-16(13-19)10-11-24-22(26)20-14-17-6-1-2-7-18(17)15-25(20)30(27,28)21-9-4-12-29-21/h1-9,12-13,20H,10-11,14-15H2,(H,24,26)/t20-/m0/s1. The highest BCUT2D eigenvalue weighted by molar-refractivity contribution is 7.91. The maximum Gasteiger partial charge on any atom is 0.253 e. The zero-order chi connectivity index (χ0) is 21.1. The monoisotopic (exact) mass is 444 g/mol. The Morgan fingerprint density at radius 1 is 1.10 bits per heavy atom. The summed E-state index contributed by atoms with van der Waals surface area (Å²) in [6.45, 7) is 0.450. The van der Waals surface area contributed by atoms with Gasteiger partial charge in [0.2, 0.25) is 5.91 Å². The van der Waals surface area contributed by atoms with E-state index in [9.17, 15) is 17.6 Å². The summed E-state index contributed by atoms with van der Waals surface area (Å²) in [7, 11) is -3.80. The van der Waals surface area contributed by atoms with Crippen molar-refractivity contribution in [1.82, 2.24) is 9.62 Å². The molecule has 1 amide bonds. The molecule has 1 aliphatic heterocycles. The first-order chi connectivity index (χ1) is 14.4. The van der Waals surface area contributed by atoms with Crippen LogP contribution < -0.4 is 5.32 Å². The van der Waals surface area contributed by atoms with Gasteiger partial charge in [-0.1, -0.05) is 42.5 Å². The van der Waals surface area contributed by atoms with Gasteiger partial charge in [-0.05, 0) is 53.1 Å². The first kappa shape index (κ1) is 20.7. The number of carbonyl (C=O) groups excluding carboxylic acids is 1. The van der Waals surface area contributed by atoms with E-state index in [-0.39, 0.29) is 22.5 Å². The van der Waals surface area contributed by atoms with E-state index >= 15 is 0 Å². The lowest BCUT2D eigenvalue weighted by molar-refractivity contribution is -0.125. The number of carbonyl (C=O) groups is 1. The van der Waals surface area contributed by atoms with Crippen LogP contribution in [0.5, 0.6) is 0 Å². The second-order valence-corrected chi connectivity index (χ2v) is 10.2. The molecule has 1 aliphatic rings. The summed E-state index contributed by atoms with van der Waals surface area (Å²) >= 11 is 1.14. The van der Waals surface area contributed by atoms with Gasteiger partial charge in [0, 0.05) is 13.1 Å². The van der Waals surface area contributed by atoms with E-state index in [1.165, 1.54) is 16.4 Å². The fraction of sp³-hybridized carbons (Fsp3) is 0.227. The van der Waals surface area contributed by atoms with Crippen LogP contribution in [-0.2, 0) is 34.2 Å². The number of sulfonamides is 1. The molecule has 4 rings (SSSR count). The van der Waals surface area contributed by atoms with Crippen LogP contribution >= 0.6 is 11.3 Å². The molecular formula is C22H21FN2O3S2. The Balaban J connectivity index is 1.54. The first-order valence-electron chi connectivity index (χ1n) is 9.59. The van der Waals surface area contributed by atoms with Gasteiger partial charge in [-0.25, -0.2) is 12.8 Å². The van der Waals surface area contributed by atoms with Crippen LogP contribution in [0.2, 0.25) is 0 Å². The summed E-state index contributed by atoms with van der Waals surface area (Å²) in [6, 6.07) is 16.2. The summed E-state index contributed by atoms with van der Waals surface area (Å²) < 4.78 is 41.3. The Morgan fingerprint density at radius 2 is 1.90 bits per heavy atom. The van der Waals surface area contributed by atoms with Crippen molar-refractivity contribution in [1.29, 1.82) is 0 Å². The van der Waals surface area contributed by atoms with Gasteiger partial charge in [0.05, 0.1) is 0 Å². The second-order valence-electron chi connectivity index (χ2n) is 7.14. The lowest BCUT2D eigenvalue weighted by Gasteiger charge is -2.34. The Kier molecular flexibility index (Phi) is 5.99. The summed E-state index contributed by atoms with van der Waals surface area (Å²) in [5, 5.41) is 4.54. The molecular weight excluding hydrogens is 423 g/mol. The van der Waals surface area contributed by atoms with Crippen LogP contribution in [0.25, 0.3) is 0 Å². The van der Waals surface area contributed by atoms with Gasteiger partial charge in [-0.2, -0.15) is 4.31 Å². The quantitative estimate of drug-likeness (QED) is 0.634. The van der Waals surface area contributed by atoms with Crippen LogP contribution in [0.4, 0.5) is 4.39 Å². The molecule has 0 spiro atoms. The smallest absolute Gasteiger partial charge is 0.253 e. The van der Waals surface area contributed by atoms with Gasteiger partial charge in [0.15, 0.2) is 0 Å².